The summed E-state index contributed by atoms with van der Waals surface area (Å²) >= 11 is 5.43. The molecule has 158 valence electrons. The van der Waals surface area contributed by atoms with Crippen LogP contribution in [0.15, 0.2) is 69.9 Å². The Balaban J connectivity index is 1.58. The number of rotatable bonds is 6. The lowest BCUT2D eigenvalue weighted by molar-refractivity contribution is 0.0775. The topological polar surface area (TPSA) is 71.2 Å². The number of H-pyrrole nitrogens is 1. The van der Waals surface area contributed by atoms with Gasteiger partial charge in [0.1, 0.15) is 11.5 Å². The van der Waals surface area contributed by atoms with E-state index in [2.05, 4.69) is 4.98 Å². The molecule has 0 aliphatic rings. The number of aromatic amines is 1. The summed E-state index contributed by atoms with van der Waals surface area (Å²) in [5.41, 5.74) is 2.01. The van der Waals surface area contributed by atoms with E-state index in [4.69, 9.17) is 16.6 Å². The zero-order valence-corrected chi connectivity index (χ0v) is 18.2. The van der Waals surface area contributed by atoms with Crippen molar-refractivity contribution in [1.82, 2.24) is 14.5 Å². The van der Waals surface area contributed by atoms with Gasteiger partial charge in [0, 0.05) is 19.2 Å². The number of furan rings is 1. The predicted molar refractivity (Wildman–Crippen MR) is 123 cm³/mol. The molecule has 1 N–H and O–H groups in total. The highest BCUT2D eigenvalue weighted by molar-refractivity contribution is 7.71. The van der Waals surface area contributed by atoms with Crippen LogP contribution in [0.25, 0.3) is 10.9 Å². The molecule has 0 aliphatic heterocycles. The van der Waals surface area contributed by atoms with E-state index >= 15 is 0 Å². The van der Waals surface area contributed by atoms with Gasteiger partial charge >= 0.3 is 0 Å². The van der Waals surface area contributed by atoms with Gasteiger partial charge in [-0.3, -0.25) is 14.2 Å². The van der Waals surface area contributed by atoms with Gasteiger partial charge in [-0.05, 0) is 61.5 Å². The molecule has 1 amide bonds. The average molecular weight is 434 g/mol. The number of nitrogens with zero attached hydrogens (tertiary/aromatic N) is 2. The molecule has 0 saturated heterocycles. The van der Waals surface area contributed by atoms with Crippen molar-refractivity contribution < 1.29 is 9.21 Å². The Morgan fingerprint density at radius 1 is 1.13 bits per heavy atom. The van der Waals surface area contributed by atoms with E-state index in [1.54, 1.807) is 34.7 Å². The fourth-order valence-electron chi connectivity index (χ4n) is 3.57. The van der Waals surface area contributed by atoms with Crippen LogP contribution >= 0.6 is 12.2 Å². The minimum Gasteiger partial charge on any atom is -0.464 e. The Labute approximate surface area is 184 Å². The number of fused-ring (bicyclic) bond motifs is 1. The molecule has 31 heavy (non-hydrogen) atoms. The molecule has 2 aromatic carbocycles. The molecule has 0 spiro atoms. The molecular weight excluding hydrogens is 410 g/mol. The van der Waals surface area contributed by atoms with Gasteiger partial charge in [0.15, 0.2) is 4.77 Å². The van der Waals surface area contributed by atoms with Crippen LogP contribution in [0.2, 0.25) is 0 Å². The third-order valence-corrected chi connectivity index (χ3v) is 5.55. The number of aryl methyl sites for hydroxylation is 2. The lowest BCUT2D eigenvalue weighted by Crippen LogP contribution is -2.26. The van der Waals surface area contributed by atoms with Crippen LogP contribution in [-0.4, -0.2) is 27.4 Å². The highest BCUT2D eigenvalue weighted by Crippen LogP contribution is 2.15. The van der Waals surface area contributed by atoms with Gasteiger partial charge in [-0.1, -0.05) is 30.3 Å². The lowest BCUT2D eigenvalue weighted by atomic mass is 10.1. The smallest absolute Gasteiger partial charge is 0.262 e. The third kappa shape index (κ3) is 4.51. The summed E-state index contributed by atoms with van der Waals surface area (Å²) in [6.07, 6.45) is 0.706. The van der Waals surface area contributed by atoms with Crippen molar-refractivity contribution in [3.05, 3.63) is 98.4 Å². The monoisotopic (exact) mass is 433 g/mol. The van der Waals surface area contributed by atoms with Crippen molar-refractivity contribution in [2.75, 3.05) is 7.05 Å². The molecule has 0 saturated carbocycles. The minimum absolute atomic E-state index is 0.159. The molecule has 0 bridgehead atoms. The second-order valence-electron chi connectivity index (χ2n) is 7.56. The normalized spacial score (nSPS) is 11.0. The van der Waals surface area contributed by atoms with Crippen molar-refractivity contribution in [1.29, 1.82) is 0 Å². The van der Waals surface area contributed by atoms with Crippen LogP contribution in [0.5, 0.6) is 0 Å². The van der Waals surface area contributed by atoms with E-state index in [0.29, 0.717) is 40.7 Å². The third-order valence-electron chi connectivity index (χ3n) is 5.23. The number of benzene rings is 2. The average Bonchev–Trinajstić information content (AvgIpc) is 3.17. The maximum absolute atomic E-state index is 13.0. The molecule has 0 aliphatic carbocycles. The zero-order valence-electron chi connectivity index (χ0n) is 17.4. The summed E-state index contributed by atoms with van der Waals surface area (Å²) in [6, 6.07) is 18.7. The first-order valence-corrected chi connectivity index (χ1v) is 10.4. The Kier molecular flexibility index (Phi) is 5.86. The molecule has 0 unspecified atom stereocenters. The molecule has 2 aromatic heterocycles. The van der Waals surface area contributed by atoms with Crippen LogP contribution < -0.4 is 5.56 Å². The molecule has 0 fully saturated rings. The van der Waals surface area contributed by atoms with Crippen molar-refractivity contribution >= 4 is 29.0 Å². The molecular formula is C24H23N3O3S. The maximum Gasteiger partial charge on any atom is 0.262 e. The molecule has 4 aromatic rings. The minimum atomic E-state index is -0.163. The number of nitrogens with one attached hydrogen (secondary N) is 1. The summed E-state index contributed by atoms with van der Waals surface area (Å²) in [6.45, 7) is 2.71. The first kappa shape index (κ1) is 20.8. The van der Waals surface area contributed by atoms with E-state index in [9.17, 15) is 9.59 Å². The molecule has 2 heterocycles. The van der Waals surface area contributed by atoms with Gasteiger partial charge in [0.05, 0.1) is 17.4 Å². The summed E-state index contributed by atoms with van der Waals surface area (Å²) < 4.78 is 7.46. The van der Waals surface area contributed by atoms with E-state index in [-0.39, 0.29) is 11.5 Å². The fourth-order valence-corrected chi connectivity index (χ4v) is 3.86. The van der Waals surface area contributed by atoms with Gasteiger partial charge in [-0.2, -0.15) is 0 Å². The van der Waals surface area contributed by atoms with E-state index in [1.165, 1.54) is 0 Å². The van der Waals surface area contributed by atoms with E-state index in [1.807, 2.05) is 49.4 Å². The molecule has 7 heteroatoms. The Morgan fingerprint density at radius 3 is 2.61 bits per heavy atom. The van der Waals surface area contributed by atoms with Gasteiger partial charge < -0.3 is 14.3 Å². The van der Waals surface area contributed by atoms with Gasteiger partial charge in [-0.25, -0.2) is 0 Å². The molecule has 4 rings (SSSR count). The summed E-state index contributed by atoms with van der Waals surface area (Å²) in [5, 5.41) is 0.502. The highest BCUT2D eigenvalue weighted by Gasteiger charge is 2.15. The largest absolute Gasteiger partial charge is 0.464 e. The van der Waals surface area contributed by atoms with E-state index < -0.39 is 0 Å². The van der Waals surface area contributed by atoms with Crippen LogP contribution in [-0.2, 0) is 19.5 Å². The SMILES string of the molecule is Cc1ccc(CN(C)C(=O)c2ccc3c(=O)n(CCc4ccccc4)c(=S)[nH]c3c2)o1. The molecule has 0 radical (unpaired) electrons. The fraction of sp³-hybridized carbons (Fsp3) is 0.208. The van der Waals surface area contributed by atoms with Gasteiger partial charge in [-0.15, -0.1) is 0 Å². The van der Waals surface area contributed by atoms with Crippen LogP contribution in [0.1, 0.15) is 27.4 Å². The molecule has 6 nitrogen and oxygen atoms in total. The first-order valence-electron chi connectivity index (χ1n) is 10.0. The maximum atomic E-state index is 13.0. The number of carbonyl (C=O) groups excluding carboxylic acids is 1. The standard InChI is InChI=1S/C24H23N3O3S/c1-16-8-10-19(30-16)15-26(2)22(28)18-9-11-20-21(14-18)25-24(31)27(23(20)29)13-12-17-6-4-3-5-7-17/h3-11,14H,12-13,15H2,1-2H3,(H,25,31). The Hall–Kier alpha value is -3.45. The Bertz CT molecular complexity index is 1350. The van der Waals surface area contributed by atoms with E-state index in [0.717, 1.165) is 17.1 Å². The molecule has 0 atom stereocenters. The summed E-state index contributed by atoms with van der Waals surface area (Å²) in [7, 11) is 1.72. The van der Waals surface area contributed by atoms with Crippen LogP contribution in [0, 0.1) is 11.7 Å². The van der Waals surface area contributed by atoms with Gasteiger partial charge in [0.2, 0.25) is 0 Å². The number of aromatic nitrogens is 2. The Morgan fingerprint density at radius 2 is 1.90 bits per heavy atom. The second-order valence-corrected chi connectivity index (χ2v) is 7.94. The quantitative estimate of drug-likeness (QED) is 0.455. The van der Waals surface area contributed by atoms with Crippen LogP contribution in [0.3, 0.4) is 0 Å². The number of hydrogen-bond donors (Lipinski definition) is 1. The predicted octanol–water partition coefficient (Wildman–Crippen LogP) is 4.48. The summed E-state index contributed by atoms with van der Waals surface area (Å²) in [4.78, 5) is 30.5. The van der Waals surface area contributed by atoms with Crippen molar-refractivity contribution in [3.8, 4) is 0 Å². The first-order chi connectivity index (χ1) is 14.9. The summed E-state index contributed by atoms with van der Waals surface area (Å²) in [5.74, 6) is 1.36. The number of hydrogen-bond acceptors (Lipinski definition) is 4. The number of carbonyl (C=O) groups is 1. The van der Waals surface area contributed by atoms with Crippen LogP contribution in [0.4, 0.5) is 0 Å². The lowest BCUT2D eigenvalue weighted by Gasteiger charge is -2.16. The second kappa shape index (κ2) is 8.73. The number of amides is 1. The van der Waals surface area contributed by atoms with Crippen molar-refractivity contribution in [3.63, 3.8) is 0 Å². The zero-order chi connectivity index (χ0) is 22.0. The highest BCUT2D eigenvalue weighted by atomic mass is 32.1. The van der Waals surface area contributed by atoms with Gasteiger partial charge in [0.25, 0.3) is 11.5 Å². The van der Waals surface area contributed by atoms with Crippen molar-refractivity contribution in [2.45, 2.75) is 26.4 Å². The van der Waals surface area contributed by atoms with Crippen molar-refractivity contribution in [2.24, 2.45) is 0 Å².